The van der Waals surface area contributed by atoms with Gasteiger partial charge in [0, 0.05) is 22.7 Å². The molecule has 2 aromatic heterocycles. The van der Waals surface area contributed by atoms with Crippen molar-refractivity contribution in [3.63, 3.8) is 0 Å². The van der Waals surface area contributed by atoms with Gasteiger partial charge < -0.3 is 0 Å². The Kier molecular flexibility index (Phi) is 3.69. The lowest BCUT2D eigenvalue weighted by molar-refractivity contribution is 0.102. The van der Waals surface area contributed by atoms with Gasteiger partial charge in [-0.25, -0.2) is 4.98 Å². The lowest BCUT2D eigenvalue weighted by atomic mass is 9.94. The van der Waals surface area contributed by atoms with Crippen LogP contribution in [0, 0.1) is 0 Å². The third-order valence-electron chi connectivity index (χ3n) is 4.18. The third kappa shape index (κ3) is 2.63. The molecule has 0 saturated heterocycles. The van der Waals surface area contributed by atoms with E-state index >= 15 is 0 Å². The Morgan fingerprint density at radius 1 is 1.25 bits per heavy atom. The van der Waals surface area contributed by atoms with E-state index in [1.807, 2.05) is 26.1 Å². The fourth-order valence-electron chi connectivity index (χ4n) is 2.91. The zero-order valence-corrected chi connectivity index (χ0v) is 14.4. The van der Waals surface area contributed by atoms with Crippen LogP contribution in [0.3, 0.4) is 0 Å². The van der Waals surface area contributed by atoms with E-state index in [2.05, 4.69) is 33.6 Å². The summed E-state index contributed by atoms with van der Waals surface area (Å²) in [5, 5.41) is 7.84. The topological polar surface area (TPSA) is 59.8 Å². The van der Waals surface area contributed by atoms with Gasteiger partial charge in [-0.15, -0.1) is 11.3 Å². The number of anilines is 1. The first-order valence-electron chi connectivity index (χ1n) is 8.06. The van der Waals surface area contributed by atoms with Crippen molar-refractivity contribution in [2.45, 2.75) is 32.7 Å². The number of thiazole rings is 1. The van der Waals surface area contributed by atoms with Gasteiger partial charge in [0.2, 0.25) is 0 Å². The van der Waals surface area contributed by atoms with Crippen LogP contribution in [0.4, 0.5) is 5.13 Å². The molecule has 1 aliphatic rings. The zero-order valence-electron chi connectivity index (χ0n) is 13.6. The first-order valence-corrected chi connectivity index (χ1v) is 8.88. The molecule has 122 valence electrons. The van der Waals surface area contributed by atoms with Crippen molar-refractivity contribution >= 4 is 22.4 Å². The van der Waals surface area contributed by atoms with Gasteiger partial charge in [-0.05, 0) is 38.3 Å². The van der Waals surface area contributed by atoms with Crippen LogP contribution in [-0.4, -0.2) is 20.7 Å². The van der Waals surface area contributed by atoms with Gasteiger partial charge in [0.05, 0.1) is 5.69 Å². The van der Waals surface area contributed by atoms with Crippen molar-refractivity contribution in [1.82, 2.24) is 14.8 Å². The highest BCUT2D eigenvalue weighted by atomic mass is 32.1. The Morgan fingerprint density at radius 2 is 2.08 bits per heavy atom. The van der Waals surface area contributed by atoms with Crippen LogP contribution in [0.15, 0.2) is 36.5 Å². The molecule has 4 rings (SSSR count). The number of benzene rings is 1. The molecule has 6 heteroatoms. The Morgan fingerprint density at radius 3 is 2.88 bits per heavy atom. The number of rotatable bonds is 3. The zero-order chi connectivity index (χ0) is 16.7. The minimum absolute atomic E-state index is 0.214. The number of hydrogen-bond donors (Lipinski definition) is 1. The SMILES string of the molecule is CC(C)n1ccc(C(=O)Nc2nc3c(s2)CCc2ccccc2-3)n1. The van der Waals surface area contributed by atoms with E-state index in [1.165, 1.54) is 16.0 Å². The molecule has 1 aliphatic carbocycles. The van der Waals surface area contributed by atoms with Crippen molar-refractivity contribution in [3.05, 3.63) is 52.7 Å². The third-order valence-corrected chi connectivity index (χ3v) is 5.21. The minimum atomic E-state index is -0.214. The molecule has 0 unspecified atom stereocenters. The molecule has 1 N–H and O–H groups in total. The van der Waals surface area contributed by atoms with Gasteiger partial charge in [-0.2, -0.15) is 5.10 Å². The van der Waals surface area contributed by atoms with Gasteiger partial charge in [0.25, 0.3) is 5.91 Å². The second-order valence-electron chi connectivity index (χ2n) is 6.18. The quantitative estimate of drug-likeness (QED) is 0.787. The van der Waals surface area contributed by atoms with E-state index in [4.69, 9.17) is 0 Å². The first kappa shape index (κ1) is 15.1. The fraction of sp³-hybridized carbons (Fsp3) is 0.278. The number of aromatic nitrogens is 3. The Labute approximate surface area is 144 Å². The van der Waals surface area contributed by atoms with E-state index in [0.717, 1.165) is 18.5 Å². The highest BCUT2D eigenvalue weighted by molar-refractivity contribution is 7.16. The van der Waals surface area contributed by atoms with Crippen molar-refractivity contribution < 1.29 is 4.79 Å². The lowest BCUT2D eigenvalue weighted by Crippen LogP contribution is -2.13. The highest BCUT2D eigenvalue weighted by Gasteiger charge is 2.21. The molecule has 0 saturated carbocycles. The van der Waals surface area contributed by atoms with E-state index < -0.39 is 0 Å². The summed E-state index contributed by atoms with van der Waals surface area (Å²) in [7, 11) is 0. The van der Waals surface area contributed by atoms with Gasteiger partial charge in [-0.1, -0.05) is 24.3 Å². The summed E-state index contributed by atoms with van der Waals surface area (Å²) in [5.74, 6) is -0.214. The summed E-state index contributed by atoms with van der Waals surface area (Å²) in [6.07, 6.45) is 3.82. The largest absolute Gasteiger partial charge is 0.296 e. The number of aryl methyl sites for hydroxylation is 2. The van der Waals surface area contributed by atoms with Gasteiger partial charge >= 0.3 is 0 Å². The molecule has 1 aromatic carbocycles. The number of carbonyl (C=O) groups is 1. The molecule has 3 aromatic rings. The summed E-state index contributed by atoms with van der Waals surface area (Å²) >= 11 is 1.56. The predicted molar refractivity (Wildman–Crippen MR) is 95.5 cm³/mol. The van der Waals surface area contributed by atoms with Crippen LogP contribution < -0.4 is 5.32 Å². The molecule has 1 amide bonds. The number of hydrogen-bond acceptors (Lipinski definition) is 4. The summed E-state index contributed by atoms with van der Waals surface area (Å²) in [5.41, 5.74) is 3.92. The van der Waals surface area contributed by atoms with E-state index in [1.54, 1.807) is 22.1 Å². The van der Waals surface area contributed by atoms with Crippen LogP contribution in [-0.2, 0) is 12.8 Å². The first-order chi connectivity index (χ1) is 11.6. The standard InChI is InChI=1S/C18H18N4OS/c1-11(2)22-10-9-14(21-22)17(23)20-18-19-16-13-6-4-3-5-12(13)7-8-15(16)24-18/h3-6,9-11H,7-8H2,1-2H3,(H,19,20,23). The summed E-state index contributed by atoms with van der Waals surface area (Å²) in [6, 6.07) is 10.3. The molecule has 2 heterocycles. The Bertz CT molecular complexity index is 909. The number of nitrogens with zero attached hydrogens (tertiary/aromatic N) is 3. The van der Waals surface area contributed by atoms with Gasteiger partial charge in [0.15, 0.2) is 10.8 Å². The van der Waals surface area contributed by atoms with Gasteiger partial charge in [0.1, 0.15) is 0 Å². The summed E-state index contributed by atoms with van der Waals surface area (Å²) < 4.78 is 1.78. The molecule has 0 spiro atoms. The van der Waals surface area contributed by atoms with Gasteiger partial charge in [-0.3, -0.25) is 14.8 Å². The molecule has 24 heavy (non-hydrogen) atoms. The molecule has 0 radical (unpaired) electrons. The maximum atomic E-state index is 12.4. The average molecular weight is 338 g/mol. The normalized spacial score (nSPS) is 12.8. The number of amides is 1. The molecular weight excluding hydrogens is 320 g/mol. The number of nitrogens with one attached hydrogen (secondary N) is 1. The van der Waals surface area contributed by atoms with E-state index in [9.17, 15) is 4.79 Å². The summed E-state index contributed by atoms with van der Waals surface area (Å²) in [4.78, 5) is 18.3. The lowest BCUT2D eigenvalue weighted by Gasteiger charge is -2.13. The highest BCUT2D eigenvalue weighted by Crippen LogP contribution is 2.37. The average Bonchev–Trinajstić information content (AvgIpc) is 3.21. The summed E-state index contributed by atoms with van der Waals surface area (Å²) in [6.45, 7) is 4.06. The molecule has 0 bridgehead atoms. The number of fused-ring (bicyclic) bond motifs is 3. The van der Waals surface area contributed by atoms with Crippen molar-refractivity contribution in [2.24, 2.45) is 0 Å². The predicted octanol–water partition coefficient (Wildman–Crippen LogP) is 3.94. The molecule has 0 atom stereocenters. The van der Waals surface area contributed by atoms with Crippen LogP contribution in [0.1, 0.15) is 40.8 Å². The monoisotopic (exact) mass is 338 g/mol. The fourth-order valence-corrected chi connectivity index (χ4v) is 3.88. The smallest absolute Gasteiger partial charge is 0.277 e. The molecule has 5 nitrogen and oxygen atoms in total. The molecular formula is C18H18N4OS. The van der Waals surface area contributed by atoms with E-state index in [-0.39, 0.29) is 11.9 Å². The van der Waals surface area contributed by atoms with Crippen LogP contribution in [0.2, 0.25) is 0 Å². The Balaban J connectivity index is 1.58. The Hall–Kier alpha value is -2.47. The van der Waals surface area contributed by atoms with Crippen molar-refractivity contribution in [1.29, 1.82) is 0 Å². The van der Waals surface area contributed by atoms with Crippen LogP contribution in [0.5, 0.6) is 0 Å². The maximum Gasteiger partial charge on any atom is 0.277 e. The molecule has 0 aliphatic heterocycles. The second kappa shape index (κ2) is 5.87. The minimum Gasteiger partial charge on any atom is -0.296 e. The van der Waals surface area contributed by atoms with Crippen LogP contribution >= 0.6 is 11.3 Å². The van der Waals surface area contributed by atoms with Crippen LogP contribution in [0.25, 0.3) is 11.3 Å². The second-order valence-corrected chi connectivity index (χ2v) is 7.26. The van der Waals surface area contributed by atoms with Crippen molar-refractivity contribution in [2.75, 3.05) is 5.32 Å². The maximum absolute atomic E-state index is 12.4. The van der Waals surface area contributed by atoms with E-state index in [0.29, 0.717) is 10.8 Å². The molecule has 0 fully saturated rings. The number of carbonyl (C=O) groups excluding carboxylic acids is 1. The van der Waals surface area contributed by atoms with Crippen molar-refractivity contribution in [3.8, 4) is 11.3 Å².